The van der Waals surface area contributed by atoms with Gasteiger partial charge >= 0.3 is 0 Å². The van der Waals surface area contributed by atoms with E-state index in [2.05, 4.69) is 5.32 Å². The lowest BCUT2D eigenvalue weighted by atomic mass is 9.89. The van der Waals surface area contributed by atoms with Crippen LogP contribution in [0.5, 0.6) is 0 Å². The molecule has 1 unspecified atom stereocenters. The monoisotopic (exact) mass is 202 g/mol. The van der Waals surface area contributed by atoms with Crippen molar-refractivity contribution in [1.29, 1.82) is 0 Å². The molecule has 5 heteroatoms. The summed E-state index contributed by atoms with van der Waals surface area (Å²) in [6.45, 7) is 0.256. The number of amides is 1. The summed E-state index contributed by atoms with van der Waals surface area (Å²) in [4.78, 5) is 11.4. The average Bonchev–Trinajstić information content (AvgIpc) is 2.10. The van der Waals surface area contributed by atoms with Crippen molar-refractivity contribution in [2.45, 2.75) is 31.0 Å². The van der Waals surface area contributed by atoms with Crippen molar-refractivity contribution >= 4 is 5.91 Å². The zero-order valence-electron chi connectivity index (χ0n) is 8.66. The van der Waals surface area contributed by atoms with E-state index in [9.17, 15) is 4.79 Å². The van der Waals surface area contributed by atoms with E-state index in [0.29, 0.717) is 6.10 Å². The minimum atomic E-state index is -0.568. The molecule has 14 heavy (non-hydrogen) atoms. The molecule has 1 fully saturated rings. The van der Waals surface area contributed by atoms with Crippen LogP contribution in [0.3, 0.4) is 0 Å². The largest absolute Gasteiger partial charge is 0.383 e. The molecule has 1 rings (SSSR count). The van der Waals surface area contributed by atoms with Crippen molar-refractivity contribution in [1.82, 2.24) is 5.32 Å². The molecular formula is C9H18N2O3. The maximum absolute atomic E-state index is 11.4. The number of hydrogen-bond acceptors (Lipinski definition) is 4. The van der Waals surface area contributed by atoms with Crippen molar-refractivity contribution in [2.75, 3.05) is 20.8 Å². The Morgan fingerprint density at radius 2 is 2.21 bits per heavy atom. The van der Waals surface area contributed by atoms with Crippen molar-refractivity contribution in [2.24, 2.45) is 5.73 Å². The summed E-state index contributed by atoms with van der Waals surface area (Å²) in [5, 5.41) is 2.84. The van der Waals surface area contributed by atoms with Gasteiger partial charge in [-0.2, -0.15) is 0 Å². The Morgan fingerprint density at radius 3 is 2.71 bits per heavy atom. The normalized spacial score (nSPS) is 27.9. The van der Waals surface area contributed by atoms with E-state index >= 15 is 0 Å². The van der Waals surface area contributed by atoms with Crippen LogP contribution in [0.4, 0.5) is 0 Å². The Bertz CT molecular complexity index is 192. The first kappa shape index (κ1) is 11.4. The van der Waals surface area contributed by atoms with Gasteiger partial charge in [0.15, 0.2) is 0 Å². The third kappa shape index (κ3) is 2.94. The first-order valence-corrected chi connectivity index (χ1v) is 4.75. The summed E-state index contributed by atoms with van der Waals surface area (Å²) in [5.41, 5.74) is 5.55. The van der Waals surface area contributed by atoms with Crippen LogP contribution in [-0.4, -0.2) is 44.9 Å². The predicted molar refractivity (Wildman–Crippen MR) is 51.8 cm³/mol. The quantitative estimate of drug-likeness (QED) is 0.615. The molecule has 1 aliphatic carbocycles. The maximum atomic E-state index is 11.4. The van der Waals surface area contributed by atoms with Crippen molar-refractivity contribution in [3.63, 3.8) is 0 Å². The second kappa shape index (κ2) is 5.29. The van der Waals surface area contributed by atoms with E-state index in [4.69, 9.17) is 15.2 Å². The third-order valence-corrected chi connectivity index (χ3v) is 2.46. The van der Waals surface area contributed by atoms with Crippen molar-refractivity contribution < 1.29 is 14.3 Å². The second-order valence-electron chi connectivity index (χ2n) is 3.60. The molecule has 0 radical (unpaired) electrons. The summed E-state index contributed by atoms with van der Waals surface area (Å²) in [6.07, 6.45) is 2.04. The topological polar surface area (TPSA) is 73.6 Å². The Labute approximate surface area is 83.9 Å². The van der Waals surface area contributed by atoms with Gasteiger partial charge in [0.1, 0.15) is 6.04 Å². The minimum Gasteiger partial charge on any atom is -0.383 e. The van der Waals surface area contributed by atoms with E-state index < -0.39 is 6.04 Å². The summed E-state index contributed by atoms with van der Waals surface area (Å²) in [5.74, 6) is -0.147. The van der Waals surface area contributed by atoms with E-state index in [1.54, 1.807) is 7.11 Å². The standard InChI is InChI=1S/C9H18N2O3/c1-13-5-8(10)9(12)11-6-3-7(4-6)14-2/h6-8H,3-5,10H2,1-2H3,(H,11,12). The molecule has 0 aliphatic heterocycles. The summed E-state index contributed by atoms with van der Waals surface area (Å²) < 4.78 is 9.89. The van der Waals surface area contributed by atoms with E-state index in [1.165, 1.54) is 7.11 Å². The fraction of sp³-hybridized carbons (Fsp3) is 0.889. The smallest absolute Gasteiger partial charge is 0.239 e. The highest BCUT2D eigenvalue weighted by molar-refractivity contribution is 5.82. The zero-order valence-corrected chi connectivity index (χ0v) is 8.66. The lowest BCUT2D eigenvalue weighted by molar-refractivity contribution is -0.125. The molecule has 0 heterocycles. The number of nitrogens with one attached hydrogen (secondary N) is 1. The minimum absolute atomic E-state index is 0.147. The molecular weight excluding hydrogens is 184 g/mol. The van der Waals surface area contributed by atoms with Gasteiger partial charge in [0.25, 0.3) is 0 Å². The highest BCUT2D eigenvalue weighted by atomic mass is 16.5. The van der Waals surface area contributed by atoms with Crippen LogP contribution in [0.25, 0.3) is 0 Å². The molecule has 3 N–H and O–H groups in total. The molecule has 0 bridgehead atoms. The van der Waals surface area contributed by atoms with Crippen LogP contribution in [0.2, 0.25) is 0 Å². The van der Waals surface area contributed by atoms with E-state index in [-0.39, 0.29) is 18.6 Å². The molecule has 0 aromatic rings. The summed E-state index contributed by atoms with van der Waals surface area (Å²) in [7, 11) is 3.21. The van der Waals surface area contributed by atoms with Crippen LogP contribution in [0.1, 0.15) is 12.8 Å². The molecule has 1 aliphatic rings. The molecule has 82 valence electrons. The van der Waals surface area contributed by atoms with Crippen molar-refractivity contribution in [3.8, 4) is 0 Å². The highest BCUT2D eigenvalue weighted by Crippen LogP contribution is 2.22. The Balaban J connectivity index is 2.15. The van der Waals surface area contributed by atoms with Gasteiger partial charge in [-0.15, -0.1) is 0 Å². The number of rotatable bonds is 5. The molecule has 0 aromatic carbocycles. The molecule has 1 atom stereocenters. The van der Waals surface area contributed by atoms with Crippen molar-refractivity contribution in [3.05, 3.63) is 0 Å². The fourth-order valence-corrected chi connectivity index (χ4v) is 1.44. The average molecular weight is 202 g/mol. The van der Waals surface area contributed by atoms with Gasteiger partial charge in [0.2, 0.25) is 5.91 Å². The fourth-order valence-electron chi connectivity index (χ4n) is 1.44. The third-order valence-electron chi connectivity index (χ3n) is 2.46. The molecule has 0 saturated heterocycles. The lowest BCUT2D eigenvalue weighted by Crippen LogP contribution is -2.53. The van der Waals surface area contributed by atoms with Gasteiger partial charge < -0.3 is 20.5 Å². The number of methoxy groups -OCH3 is 2. The van der Waals surface area contributed by atoms with Crippen LogP contribution in [0, 0.1) is 0 Å². The number of carbonyl (C=O) groups excluding carboxylic acids is 1. The van der Waals surface area contributed by atoms with Gasteiger partial charge in [0.05, 0.1) is 12.7 Å². The van der Waals surface area contributed by atoms with Crippen LogP contribution in [0.15, 0.2) is 0 Å². The maximum Gasteiger partial charge on any atom is 0.239 e. The van der Waals surface area contributed by atoms with Gasteiger partial charge in [-0.1, -0.05) is 0 Å². The van der Waals surface area contributed by atoms with Gasteiger partial charge in [-0.3, -0.25) is 4.79 Å². The highest BCUT2D eigenvalue weighted by Gasteiger charge is 2.31. The van der Waals surface area contributed by atoms with Gasteiger partial charge in [0, 0.05) is 20.3 Å². The number of carbonyl (C=O) groups is 1. The van der Waals surface area contributed by atoms with Crippen LogP contribution < -0.4 is 11.1 Å². The number of nitrogens with two attached hydrogens (primary N) is 1. The van der Waals surface area contributed by atoms with Crippen LogP contribution in [-0.2, 0) is 14.3 Å². The SMILES string of the molecule is COCC(N)C(=O)NC1CC(OC)C1. The molecule has 0 aromatic heterocycles. The summed E-state index contributed by atoms with van der Waals surface area (Å²) >= 11 is 0. The first-order chi connectivity index (χ1) is 6.67. The van der Waals surface area contributed by atoms with Gasteiger partial charge in [-0.05, 0) is 12.8 Å². The molecule has 5 nitrogen and oxygen atoms in total. The Morgan fingerprint density at radius 1 is 1.57 bits per heavy atom. The summed E-state index contributed by atoms with van der Waals surface area (Å²) in [6, 6.07) is -0.350. The van der Waals surface area contributed by atoms with E-state index in [0.717, 1.165) is 12.8 Å². The molecule has 1 amide bonds. The number of hydrogen-bond donors (Lipinski definition) is 2. The zero-order chi connectivity index (χ0) is 10.6. The molecule has 1 saturated carbocycles. The van der Waals surface area contributed by atoms with Crippen LogP contribution >= 0.6 is 0 Å². The van der Waals surface area contributed by atoms with E-state index in [1.807, 2.05) is 0 Å². The number of ether oxygens (including phenoxy) is 2. The Kier molecular flexibility index (Phi) is 4.31. The second-order valence-corrected chi connectivity index (χ2v) is 3.60. The lowest BCUT2D eigenvalue weighted by Gasteiger charge is -2.35. The first-order valence-electron chi connectivity index (χ1n) is 4.75. The predicted octanol–water partition coefficient (Wildman–Crippen LogP) is -0.746. The Hall–Kier alpha value is -0.650. The van der Waals surface area contributed by atoms with Gasteiger partial charge in [-0.25, -0.2) is 0 Å². The molecule has 0 spiro atoms.